The first-order chi connectivity index (χ1) is 16.3. The van der Waals surface area contributed by atoms with Crippen molar-refractivity contribution in [1.82, 2.24) is 19.1 Å². The zero-order valence-corrected chi connectivity index (χ0v) is 19.9. The monoisotopic (exact) mass is 505 g/mol. The summed E-state index contributed by atoms with van der Waals surface area (Å²) in [6, 6.07) is 8.89. The molecule has 0 saturated heterocycles. The number of hydrogen-bond donors (Lipinski definition) is 1. The fraction of sp³-hybridized carbons (Fsp3) is 0.261. The van der Waals surface area contributed by atoms with E-state index >= 15 is 0 Å². The molecule has 0 saturated carbocycles. The van der Waals surface area contributed by atoms with Crippen LogP contribution in [0.5, 0.6) is 11.6 Å². The van der Waals surface area contributed by atoms with Gasteiger partial charge in [0.25, 0.3) is 5.56 Å². The molecule has 35 heavy (non-hydrogen) atoms. The van der Waals surface area contributed by atoms with Crippen LogP contribution in [-0.4, -0.2) is 35.3 Å². The molecule has 0 spiro atoms. The van der Waals surface area contributed by atoms with Gasteiger partial charge in [0.15, 0.2) is 0 Å². The summed E-state index contributed by atoms with van der Waals surface area (Å²) in [6.45, 7) is 1.94. The Morgan fingerprint density at radius 2 is 1.80 bits per heavy atom. The molecule has 1 unspecified atom stereocenters. The van der Waals surface area contributed by atoms with Gasteiger partial charge in [0, 0.05) is 59.2 Å². The normalized spacial score (nSPS) is 13.7. The lowest BCUT2D eigenvalue weighted by Crippen LogP contribution is -2.16. The summed E-state index contributed by atoms with van der Waals surface area (Å²) in [5.41, 5.74) is 1.30. The Hall–Kier alpha value is -3.67. The van der Waals surface area contributed by atoms with Gasteiger partial charge in [0.05, 0.1) is 22.3 Å². The van der Waals surface area contributed by atoms with Crippen LogP contribution in [0.3, 0.4) is 0 Å². The Bertz CT molecular complexity index is 1570. The molecule has 184 valence electrons. The predicted molar refractivity (Wildman–Crippen MR) is 126 cm³/mol. The second kappa shape index (κ2) is 8.84. The van der Waals surface area contributed by atoms with Crippen LogP contribution >= 0.6 is 0 Å². The molecule has 0 aliphatic rings. The van der Waals surface area contributed by atoms with E-state index in [0.717, 1.165) is 12.1 Å². The number of alkyl halides is 3. The molecule has 0 radical (unpaired) electrons. The first-order valence-electron chi connectivity index (χ1n) is 10.4. The summed E-state index contributed by atoms with van der Waals surface area (Å²) in [5.74, 6) is 0.778. The third kappa shape index (κ3) is 5.37. The number of ether oxygens (including phenoxy) is 1. The molecule has 0 fully saturated rings. The first-order valence-corrected chi connectivity index (χ1v) is 12.6. The van der Waals surface area contributed by atoms with Gasteiger partial charge in [0.1, 0.15) is 11.6 Å². The van der Waals surface area contributed by atoms with E-state index in [-0.39, 0.29) is 22.9 Å². The zero-order chi connectivity index (χ0) is 25.5. The van der Waals surface area contributed by atoms with Crippen molar-refractivity contribution in [2.24, 2.45) is 7.05 Å². The van der Waals surface area contributed by atoms with Crippen LogP contribution in [0.4, 0.5) is 13.2 Å². The summed E-state index contributed by atoms with van der Waals surface area (Å²) < 4.78 is 67.1. The van der Waals surface area contributed by atoms with Gasteiger partial charge in [-0.25, -0.2) is 4.98 Å². The minimum absolute atomic E-state index is 0.122. The molecule has 12 heteroatoms. The highest BCUT2D eigenvalue weighted by molar-refractivity contribution is 7.91. The summed E-state index contributed by atoms with van der Waals surface area (Å²) in [4.78, 5) is 21.1. The van der Waals surface area contributed by atoms with Gasteiger partial charge >= 0.3 is 6.18 Å². The standard InChI is InChI=1S/C23H22F3N5O3S/c1-14-28-18(12-20(29-14)34-16-6-4-15(5-7-16)23(24,25)26)17-13-31(10-11-35(3,27)33)19-8-9-21(32)30(2)22(17)19/h4-9,12-13,27H,10-11H2,1-3H3. The first kappa shape index (κ1) is 24.5. The average molecular weight is 506 g/mol. The van der Waals surface area contributed by atoms with Crippen molar-refractivity contribution < 1.29 is 22.1 Å². The van der Waals surface area contributed by atoms with Crippen LogP contribution in [0.15, 0.2) is 53.5 Å². The highest BCUT2D eigenvalue weighted by atomic mass is 32.2. The van der Waals surface area contributed by atoms with E-state index in [9.17, 15) is 22.2 Å². The molecule has 3 heterocycles. The summed E-state index contributed by atoms with van der Waals surface area (Å²) in [7, 11) is -1.11. The number of pyridine rings is 1. The second-order valence-electron chi connectivity index (χ2n) is 8.17. The van der Waals surface area contributed by atoms with Gasteiger partial charge in [-0.05, 0) is 37.3 Å². The molecule has 1 aromatic carbocycles. The average Bonchev–Trinajstić information content (AvgIpc) is 3.13. The van der Waals surface area contributed by atoms with Gasteiger partial charge in [-0.15, -0.1) is 0 Å². The molecule has 0 amide bonds. The summed E-state index contributed by atoms with van der Waals surface area (Å²) in [6.07, 6.45) is -1.32. The predicted octanol–water partition coefficient (Wildman–Crippen LogP) is 4.59. The fourth-order valence-electron chi connectivity index (χ4n) is 3.67. The van der Waals surface area contributed by atoms with Crippen molar-refractivity contribution in [3.8, 4) is 22.9 Å². The number of fused-ring (bicyclic) bond motifs is 1. The number of rotatable bonds is 6. The van der Waals surface area contributed by atoms with Crippen molar-refractivity contribution in [2.45, 2.75) is 19.6 Å². The molecule has 0 bridgehead atoms. The largest absolute Gasteiger partial charge is 0.439 e. The minimum Gasteiger partial charge on any atom is -0.439 e. The third-order valence-electron chi connectivity index (χ3n) is 5.36. The maximum absolute atomic E-state index is 12.8. The molecule has 8 nitrogen and oxygen atoms in total. The number of hydrogen-bond acceptors (Lipinski definition) is 6. The van der Waals surface area contributed by atoms with E-state index < -0.39 is 21.5 Å². The van der Waals surface area contributed by atoms with E-state index in [0.29, 0.717) is 34.7 Å². The third-order valence-corrected chi connectivity index (χ3v) is 6.32. The lowest BCUT2D eigenvalue weighted by Gasteiger charge is -2.10. The Balaban J connectivity index is 1.77. The maximum atomic E-state index is 12.8. The van der Waals surface area contributed by atoms with Gasteiger partial charge in [-0.1, -0.05) is 0 Å². The van der Waals surface area contributed by atoms with E-state index in [1.54, 1.807) is 26.2 Å². The fourth-order valence-corrected chi connectivity index (χ4v) is 4.21. The molecule has 0 aliphatic carbocycles. The Morgan fingerprint density at radius 3 is 2.43 bits per heavy atom. The van der Waals surface area contributed by atoms with E-state index in [1.165, 1.54) is 35.1 Å². The van der Waals surface area contributed by atoms with Crippen molar-refractivity contribution >= 4 is 20.8 Å². The van der Waals surface area contributed by atoms with Gasteiger partial charge < -0.3 is 13.9 Å². The molecule has 3 aromatic heterocycles. The summed E-state index contributed by atoms with van der Waals surface area (Å²) >= 11 is 0. The Morgan fingerprint density at radius 1 is 1.11 bits per heavy atom. The molecule has 0 aliphatic heterocycles. The van der Waals surface area contributed by atoms with E-state index in [2.05, 4.69) is 9.97 Å². The van der Waals surface area contributed by atoms with Crippen LogP contribution in [0.25, 0.3) is 22.3 Å². The van der Waals surface area contributed by atoms with Crippen LogP contribution in [0.2, 0.25) is 0 Å². The molecular weight excluding hydrogens is 483 g/mol. The van der Waals surface area contributed by atoms with Gasteiger partial charge in [0.2, 0.25) is 5.88 Å². The van der Waals surface area contributed by atoms with Gasteiger partial charge in [-0.2, -0.15) is 18.2 Å². The zero-order valence-electron chi connectivity index (χ0n) is 19.1. The van der Waals surface area contributed by atoms with Crippen LogP contribution < -0.4 is 10.3 Å². The smallest absolute Gasteiger partial charge is 0.416 e. The lowest BCUT2D eigenvalue weighted by molar-refractivity contribution is -0.137. The molecule has 1 atom stereocenters. The summed E-state index contributed by atoms with van der Waals surface area (Å²) in [5, 5.41) is 0. The number of benzene rings is 1. The maximum Gasteiger partial charge on any atom is 0.416 e. The van der Waals surface area contributed by atoms with Gasteiger partial charge in [-0.3, -0.25) is 13.8 Å². The van der Waals surface area contributed by atoms with E-state index in [1.807, 2.05) is 4.57 Å². The van der Waals surface area contributed by atoms with Crippen LogP contribution in [0.1, 0.15) is 11.4 Å². The van der Waals surface area contributed by atoms with Crippen molar-refractivity contribution in [3.05, 3.63) is 70.4 Å². The molecule has 4 aromatic rings. The quantitative estimate of drug-likeness (QED) is 0.413. The lowest BCUT2D eigenvalue weighted by atomic mass is 10.2. The minimum atomic E-state index is -4.45. The number of halogens is 3. The SMILES string of the molecule is Cc1nc(Oc2ccc(C(F)(F)F)cc2)cc(-c2cn(CCS(C)(=N)=O)c3ccc(=O)n(C)c23)n1. The van der Waals surface area contributed by atoms with Crippen molar-refractivity contribution in [2.75, 3.05) is 12.0 Å². The van der Waals surface area contributed by atoms with Crippen molar-refractivity contribution in [3.63, 3.8) is 0 Å². The number of nitrogens with one attached hydrogen (secondary N) is 1. The molecule has 4 rings (SSSR count). The second-order valence-corrected chi connectivity index (χ2v) is 10.6. The topological polar surface area (TPSA) is 103 Å². The van der Waals surface area contributed by atoms with Crippen molar-refractivity contribution in [1.29, 1.82) is 4.78 Å². The van der Waals surface area contributed by atoms with Crippen LogP contribution in [-0.2, 0) is 29.5 Å². The number of aryl methyl sites for hydroxylation is 3. The number of aromatic nitrogens is 4. The number of nitrogens with zero attached hydrogens (tertiary/aromatic N) is 4. The van der Waals surface area contributed by atoms with E-state index in [4.69, 9.17) is 9.52 Å². The molecule has 1 N–H and O–H groups in total. The Labute approximate surface area is 199 Å². The Kier molecular flexibility index (Phi) is 6.18. The highest BCUT2D eigenvalue weighted by Crippen LogP contribution is 2.33. The van der Waals surface area contributed by atoms with Crippen LogP contribution in [0, 0.1) is 11.7 Å². The highest BCUT2D eigenvalue weighted by Gasteiger charge is 2.30. The molecular formula is C23H22F3N5O3S.